The zero-order chi connectivity index (χ0) is 20.8. The molecule has 8 heteroatoms. The Morgan fingerprint density at radius 2 is 2.03 bits per heavy atom. The van der Waals surface area contributed by atoms with Crippen LogP contribution in [0.2, 0.25) is 0 Å². The third kappa shape index (κ3) is 3.18. The van der Waals surface area contributed by atoms with Gasteiger partial charge in [-0.2, -0.15) is 14.6 Å². The lowest BCUT2D eigenvalue weighted by Crippen LogP contribution is -2.16. The van der Waals surface area contributed by atoms with E-state index in [0.717, 1.165) is 58.1 Å². The molecule has 0 amide bonds. The Bertz CT molecular complexity index is 1210. The number of rotatable bonds is 6. The zero-order valence-electron chi connectivity index (χ0n) is 17.5. The van der Waals surface area contributed by atoms with E-state index in [1.807, 2.05) is 36.6 Å². The standard InChI is InChI=1S/C22H24N6O2/c1-12-9-16(29-4)7-8-17(12)19-14(3)27-28-18(10-13(2)25-21(19)28)26-20(15-5-6-15)22-23-11-24-30-22/h7-11,15,20,26H,5-6H2,1-4H3. The van der Waals surface area contributed by atoms with E-state index in [0.29, 0.717) is 11.8 Å². The lowest BCUT2D eigenvalue weighted by Gasteiger charge is -2.17. The molecular weight excluding hydrogens is 380 g/mol. The van der Waals surface area contributed by atoms with Crippen LogP contribution in [0.25, 0.3) is 16.8 Å². The van der Waals surface area contributed by atoms with Crippen molar-refractivity contribution in [1.29, 1.82) is 0 Å². The Labute approximate surface area is 174 Å². The van der Waals surface area contributed by atoms with Crippen molar-refractivity contribution in [3.8, 4) is 16.9 Å². The van der Waals surface area contributed by atoms with Gasteiger partial charge >= 0.3 is 0 Å². The van der Waals surface area contributed by atoms with E-state index < -0.39 is 0 Å². The van der Waals surface area contributed by atoms with E-state index in [-0.39, 0.29) is 6.04 Å². The fourth-order valence-electron chi connectivity index (χ4n) is 4.00. The number of ether oxygens (including phenoxy) is 1. The number of aromatic nitrogens is 5. The number of methoxy groups -OCH3 is 1. The number of aryl methyl sites for hydroxylation is 3. The molecule has 1 fully saturated rings. The van der Waals surface area contributed by atoms with Gasteiger partial charge in [0, 0.05) is 17.3 Å². The Morgan fingerprint density at radius 3 is 2.70 bits per heavy atom. The van der Waals surface area contributed by atoms with Gasteiger partial charge in [-0.3, -0.25) is 0 Å². The van der Waals surface area contributed by atoms with Gasteiger partial charge in [-0.05, 0) is 62.8 Å². The molecule has 8 nitrogen and oxygen atoms in total. The number of nitrogens with one attached hydrogen (secondary N) is 1. The Hall–Kier alpha value is -3.42. The molecule has 1 N–H and O–H groups in total. The summed E-state index contributed by atoms with van der Waals surface area (Å²) < 4.78 is 12.6. The number of fused-ring (bicyclic) bond motifs is 1. The fourth-order valence-corrected chi connectivity index (χ4v) is 4.00. The molecule has 1 aliphatic carbocycles. The maximum absolute atomic E-state index is 5.37. The van der Waals surface area contributed by atoms with Crippen LogP contribution in [-0.2, 0) is 0 Å². The predicted octanol–water partition coefficient (Wildman–Crippen LogP) is 4.28. The molecule has 0 saturated heterocycles. The Balaban J connectivity index is 1.62. The van der Waals surface area contributed by atoms with Gasteiger partial charge < -0.3 is 14.6 Å². The van der Waals surface area contributed by atoms with Crippen molar-refractivity contribution in [2.45, 2.75) is 39.7 Å². The second-order valence-electron chi connectivity index (χ2n) is 7.90. The van der Waals surface area contributed by atoms with Crippen molar-refractivity contribution in [2.24, 2.45) is 5.92 Å². The van der Waals surface area contributed by atoms with Gasteiger partial charge in [-0.15, -0.1) is 0 Å². The van der Waals surface area contributed by atoms with E-state index in [1.54, 1.807) is 7.11 Å². The lowest BCUT2D eigenvalue weighted by atomic mass is 10.0. The molecule has 1 atom stereocenters. The number of hydrogen-bond donors (Lipinski definition) is 1. The molecule has 4 aromatic rings. The van der Waals surface area contributed by atoms with Crippen molar-refractivity contribution in [3.63, 3.8) is 0 Å². The third-order valence-corrected chi connectivity index (χ3v) is 5.64. The minimum atomic E-state index is -0.0341. The molecular formula is C22H24N6O2. The van der Waals surface area contributed by atoms with Crippen LogP contribution < -0.4 is 10.1 Å². The maximum atomic E-state index is 5.37. The molecule has 0 spiro atoms. The third-order valence-electron chi connectivity index (χ3n) is 5.64. The lowest BCUT2D eigenvalue weighted by molar-refractivity contribution is 0.350. The number of nitrogens with zero attached hydrogens (tertiary/aromatic N) is 5. The summed E-state index contributed by atoms with van der Waals surface area (Å²) in [5, 5.41) is 12.2. The summed E-state index contributed by atoms with van der Waals surface area (Å²) in [6.07, 6.45) is 3.73. The van der Waals surface area contributed by atoms with E-state index >= 15 is 0 Å². The van der Waals surface area contributed by atoms with E-state index in [9.17, 15) is 0 Å². The first-order valence-corrected chi connectivity index (χ1v) is 10.1. The summed E-state index contributed by atoms with van der Waals surface area (Å²) in [5.41, 5.74) is 5.91. The monoisotopic (exact) mass is 404 g/mol. The average Bonchev–Trinajstić information content (AvgIpc) is 3.31. The van der Waals surface area contributed by atoms with E-state index in [2.05, 4.69) is 28.4 Å². The van der Waals surface area contributed by atoms with Gasteiger partial charge in [-0.1, -0.05) is 11.2 Å². The van der Waals surface area contributed by atoms with Crippen molar-refractivity contribution in [3.05, 3.63) is 53.4 Å². The topological polar surface area (TPSA) is 90.4 Å². The first-order chi connectivity index (χ1) is 14.5. The van der Waals surface area contributed by atoms with Crippen molar-refractivity contribution < 1.29 is 9.26 Å². The summed E-state index contributed by atoms with van der Waals surface area (Å²) in [6.45, 7) is 6.09. The van der Waals surface area contributed by atoms with Crippen LogP contribution in [0.1, 0.15) is 41.7 Å². The minimum absolute atomic E-state index is 0.0341. The van der Waals surface area contributed by atoms with Gasteiger partial charge in [0.25, 0.3) is 0 Å². The van der Waals surface area contributed by atoms with Crippen LogP contribution in [0.4, 0.5) is 5.82 Å². The molecule has 0 radical (unpaired) electrons. The molecule has 0 bridgehead atoms. The summed E-state index contributed by atoms with van der Waals surface area (Å²) in [5.74, 6) is 2.79. The number of benzene rings is 1. The maximum Gasteiger partial charge on any atom is 0.249 e. The second kappa shape index (κ2) is 7.12. The summed E-state index contributed by atoms with van der Waals surface area (Å²) >= 11 is 0. The highest BCUT2D eigenvalue weighted by Crippen LogP contribution is 2.42. The highest BCUT2D eigenvalue weighted by Gasteiger charge is 2.36. The van der Waals surface area contributed by atoms with Crippen LogP contribution in [0.5, 0.6) is 5.75 Å². The smallest absolute Gasteiger partial charge is 0.249 e. The van der Waals surface area contributed by atoms with Gasteiger partial charge in [0.05, 0.1) is 12.8 Å². The molecule has 30 heavy (non-hydrogen) atoms. The minimum Gasteiger partial charge on any atom is -0.497 e. The van der Waals surface area contributed by atoms with Gasteiger partial charge in [-0.25, -0.2) is 4.98 Å². The molecule has 3 aromatic heterocycles. The number of anilines is 1. The van der Waals surface area contributed by atoms with Gasteiger partial charge in [0.2, 0.25) is 5.89 Å². The SMILES string of the molecule is COc1ccc(-c2c(C)nn3c(NC(c4ncno4)C4CC4)cc(C)nc23)c(C)c1. The van der Waals surface area contributed by atoms with Crippen LogP contribution in [-0.4, -0.2) is 31.8 Å². The predicted molar refractivity (Wildman–Crippen MR) is 113 cm³/mol. The van der Waals surface area contributed by atoms with Crippen LogP contribution >= 0.6 is 0 Å². The molecule has 1 saturated carbocycles. The largest absolute Gasteiger partial charge is 0.497 e. The first kappa shape index (κ1) is 18.6. The van der Waals surface area contributed by atoms with Crippen molar-refractivity contribution in [2.75, 3.05) is 12.4 Å². The highest BCUT2D eigenvalue weighted by molar-refractivity contribution is 5.83. The molecule has 5 rings (SSSR count). The summed E-state index contributed by atoms with van der Waals surface area (Å²) in [4.78, 5) is 9.10. The van der Waals surface area contributed by atoms with E-state index in [4.69, 9.17) is 19.3 Å². The molecule has 0 aliphatic heterocycles. The molecule has 1 unspecified atom stereocenters. The molecule has 1 aliphatic rings. The Kier molecular flexibility index (Phi) is 4.42. The van der Waals surface area contributed by atoms with Crippen molar-refractivity contribution >= 4 is 11.5 Å². The average molecular weight is 404 g/mol. The van der Waals surface area contributed by atoms with Crippen LogP contribution in [0.15, 0.2) is 35.1 Å². The molecule has 1 aromatic carbocycles. The fraction of sp³-hybridized carbons (Fsp3) is 0.364. The van der Waals surface area contributed by atoms with Gasteiger partial charge in [0.15, 0.2) is 12.0 Å². The highest BCUT2D eigenvalue weighted by atomic mass is 16.5. The van der Waals surface area contributed by atoms with Crippen LogP contribution in [0, 0.1) is 26.7 Å². The zero-order valence-corrected chi connectivity index (χ0v) is 17.5. The molecule has 3 heterocycles. The quantitative estimate of drug-likeness (QED) is 0.513. The first-order valence-electron chi connectivity index (χ1n) is 10.1. The molecule has 154 valence electrons. The van der Waals surface area contributed by atoms with Crippen molar-refractivity contribution in [1.82, 2.24) is 24.7 Å². The number of hydrogen-bond acceptors (Lipinski definition) is 7. The Morgan fingerprint density at radius 1 is 1.20 bits per heavy atom. The van der Waals surface area contributed by atoms with Crippen LogP contribution in [0.3, 0.4) is 0 Å². The summed E-state index contributed by atoms with van der Waals surface area (Å²) in [7, 11) is 1.68. The van der Waals surface area contributed by atoms with Gasteiger partial charge in [0.1, 0.15) is 17.6 Å². The second-order valence-corrected chi connectivity index (χ2v) is 7.90. The normalized spacial score (nSPS) is 14.8. The summed E-state index contributed by atoms with van der Waals surface area (Å²) in [6, 6.07) is 8.05. The van der Waals surface area contributed by atoms with E-state index in [1.165, 1.54) is 6.33 Å².